The zero-order valence-electron chi connectivity index (χ0n) is 10.9. The molecule has 1 rings (SSSR count). The summed E-state index contributed by atoms with van der Waals surface area (Å²) in [7, 11) is -3.16. The van der Waals surface area contributed by atoms with Crippen molar-refractivity contribution >= 4 is 27.5 Å². The van der Waals surface area contributed by atoms with Crippen LogP contribution in [0.4, 0.5) is 0 Å². The van der Waals surface area contributed by atoms with Crippen molar-refractivity contribution in [3.8, 4) is 0 Å². The van der Waals surface area contributed by atoms with Gasteiger partial charge in [-0.1, -0.05) is 6.92 Å². The van der Waals surface area contributed by atoms with E-state index in [9.17, 15) is 13.2 Å². The number of piperidine rings is 1. The molecule has 0 aromatic heterocycles. The summed E-state index contributed by atoms with van der Waals surface area (Å²) < 4.78 is 24.6. The Morgan fingerprint density at radius 3 is 2.78 bits per heavy atom. The highest BCUT2D eigenvalue weighted by atomic mass is 35.5. The topological polar surface area (TPSA) is 66.5 Å². The number of carbonyl (C=O) groups excluding carboxylic acids is 1. The van der Waals surface area contributed by atoms with Crippen molar-refractivity contribution in [2.75, 3.05) is 31.8 Å². The largest absolute Gasteiger partial charge is 0.342 e. The van der Waals surface area contributed by atoms with E-state index in [1.807, 2.05) is 6.92 Å². The third-order valence-electron chi connectivity index (χ3n) is 3.12. The number of alkyl halides is 1. The maximum atomic E-state index is 12.0. The van der Waals surface area contributed by atoms with Crippen molar-refractivity contribution in [2.45, 2.75) is 19.8 Å². The molecular weight excluding hydrogens is 276 g/mol. The smallest absolute Gasteiger partial charge is 0.226 e. The van der Waals surface area contributed by atoms with Crippen molar-refractivity contribution in [3.05, 3.63) is 0 Å². The van der Waals surface area contributed by atoms with Crippen LogP contribution in [-0.4, -0.2) is 51.0 Å². The number of rotatable bonds is 5. The Hall–Kier alpha value is -0.330. The number of carbonyl (C=O) groups is 1. The van der Waals surface area contributed by atoms with Crippen LogP contribution in [0.5, 0.6) is 0 Å². The summed E-state index contributed by atoms with van der Waals surface area (Å²) in [4.78, 5) is 13.8. The van der Waals surface area contributed by atoms with E-state index in [4.69, 9.17) is 11.6 Å². The van der Waals surface area contributed by atoms with E-state index in [-0.39, 0.29) is 17.7 Å². The first-order chi connectivity index (χ1) is 8.33. The summed E-state index contributed by atoms with van der Waals surface area (Å²) in [5, 5.41) is 0. The molecule has 0 spiro atoms. The summed E-state index contributed by atoms with van der Waals surface area (Å²) in [6, 6.07) is 0. The third-order valence-corrected chi connectivity index (χ3v) is 4.27. The van der Waals surface area contributed by atoms with Crippen LogP contribution in [0.25, 0.3) is 0 Å². The second-order valence-electron chi connectivity index (χ2n) is 4.97. The zero-order valence-corrected chi connectivity index (χ0v) is 12.4. The molecule has 0 saturated carbocycles. The molecule has 106 valence electrons. The molecule has 1 aliphatic heterocycles. The zero-order chi connectivity index (χ0) is 13.8. The summed E-state index contributed by atoms with van der Waals surface area (Å²) in [6.07, 6.45) is 3.01. The van der Waals surface area contributed by atoms with Crippen molar-refractivity contribution in [1.82, 2.24) is 9.62 Å². The van der Waals surface area contributed by atoms with E-state index in [1.54, 1.807) is 4.90 Å². The van der Waals surface area contributed by atoms with E-state index in [0.29, 0.717) is 19.0 Å². The van der Waals surface area contributed by atoms with Crippen LogP contribution >= 0.6 is 11.6 Å². The molecule has 1 fully saturated rings. The van der Waals surface area contributed by atoms with Gasteiger partial charge in [0.15, 0.2) is 0 Å². The van der Waals surface area contributed by atoms with Crippen LogP contribution in [0.3, 0.4) is 0 Å². The minimum atomic E-state index is -3.16. The fraction of sp³-hybridized carbons (Fsp3) is 0.909. The van der Waals surface area contributed by atoms with E-state index >= 15 is 0 Å². The van der Waals surface area contributed by atoms with Gasteiger partial charge in [0.05, 0.1) is 6.26 Å². The number of sulfonamides is 1. The molecule has 2 unspecified atom stereocenters. The first-order valence-electron chi connectivity index (χ1n) is 6.13. The average Bonchev–Trinajstić information content (AvgIpc) is 2.34. The van der Waals surface area contributed by atoms with Crippen LogP contribution in [0.15, 0.2) is 0 Å². The van der Waals surface area contributed by atoms with E-state index < -0.39 is 10.0 Å². The summed E-state index contributed by atoms with van der Waals surface area (Å²) in [5.74, 6) is 0.406. The van der Waals surface area contributed by atoms with Gasteiger partial charge in [0.25, 0.3) is 0 Å². The molecular formula is C11H21ClN2O3S. The molecule has 1 N–H and O–H groups in total. The summed E-state index contributed by atoms with van der Waals surface area (Å²) in [5.41, 5.74) is 0. The number of nitrogens with zero attached hydrogens (tertiary/aromatic N) is 1. The SMILES string of the molecule is CC(CCl)C(=O)N1CCCC(CNS(C)(=O)=O)C1. The van der Waals surface area contributed by atoms with Gasteiger partial charge in [-0.25, -0.2) is 13.1 Å². The lowest BCUT2D eigenvalue weighted by molar-refractivity contribution is -0.136. The molecule has 7 heteroatoms. The van der Waals surface area contributed by atoms with Crippen LogP contribution < -0.4 is 4.72 Å². The molecule has 1 saturated heterocycles. The number of hydrogen-bond donors (Lipinski definition) is 1. The Bertz CT molecular complexity index is 386. The number of hydrogen-bond acceptors (Lipinski definition) is 3. The van der Waals surface area contributed by atoms with E-state index in [1.165, 1.54) is 0 Å². The monoisotopic (exact) mass is 296 g/mol. The van der Waals surface area contributed by atoms with Crippen LogP contribution in [0.2, 0.25) is 0 Å². The lowest BCUT2D eigenvalue weighted by Crippen LogP contribution is -2.45. The minimum absolute atomic E-state index is 0.0639. The maximum Gasteiger partial charge on any atom is 0.226 e. The van der Waals surface area contributed by atoms with Gasteiger partial charge in [-0.3, -0.25) is 4.79 Å². The highest BCUT2D eigenvalue weighted by Crippen LogP contribution is 2.18. The molecule has 18 heavy (non-hydrogen) atoms. The highest BCUT2D eigenvalue weighted by molar-refractivity contribution is 7.88. The number of nitrogens with one attached hydrogen (secondary N) is 1. The predicted molar refractivity (Wildman–Crippen MR) is 72.0 cm³/mol. The molecule has 1 heterocycles. The molecule has 0 aliphatic carbocycles. The predicted octanol–water partition coefficient (Wildman–Crippen LogP) is 0.649. The fourth-order valence-corrected chi connectivity index (χ4v) is 2.75. The lowest BCUT2D eigenvalue weighted by Gasteiger charge is -2.34. The van der Waals surface area contributed by atoms with Crippen LogP contribution in [0, 0.1) is 11.8 Å². The fourth-order valence-electron chi connectivity index (χ4n) is 2.08. The molecule has 1 amide bonds. The van der Waals surface area contributed by atoms with Gasteiger partial charge in [0, 0.05) is 31.4 Å². The second kappa shape index (κ2) is 6.73. The summed E-state index contributed by atoms with van der Waals surface area (Å²) in [6.45, 7) is 3.57. The molecule has 2 atom stereocenters. The average molecular weight is 297 g/mol. The standard InChI is InChI=1S/C11H21ClN2O3S/c1-9(6-12)11(15)14-5-3-4-10(8-14)7-13-18(2,16)17/h9-10,13H,3-8H2,1-2H3. The van der Waals surface area contributed by atoms with Gasteiger partial charge in [-0.2, -0.15) is 0 Å². The minimum Gasteiger partial charge on any atom is -0.342 e. The number of likely N-dealkylation sites (tertiary alicyclic amines) is 1. The first-order valence-corrected chi connectivity index (χ1v) is 8.55. The van der Waals surface area contributed by atoms with Gasteiger partial charge >= 0.3 is 0 Å². The Morgan fingerprint density at radius 2 is 2.22 bits per heavy atom. The Kier molecular flexibility index (Phi) is 5.88. The Labute approximate surface area is 114 Å². The summed E-state index contributed by atoms with van der Waals surface area (Å²) >= 11 is 5.68. The van der Waals surface area contributed by atoms with Gasteiger partial charge in [-0.05, 0) is 18.8 Å². The third kappa shape index (κ3) is 5.12. The van der Waals surface area contributed by atoms with Crippen molar-refractivity contribution in [3.63, 3.8) is 0 Å². The number of halogens is 1. The van der Waals surface area contributed by atoms with Gasteiger partial charge in [0.1, 0.15) is 0 Å². The molecule has 0 aromatic carbocycles. The van der Waals surface area contributed by atoms with Crippen molar-refractivity contribution < 1.29 is 13.2 Å². The van der Waals surface area contributed by atoms with Crippen LogP contribution in [0.1, 0.15) is 19.8 Å². The van der Waals surface area contributed by atoms with Gasteiger partial charge in [-0.15, -0.1) is 11.6 Å². The molecule has 0 bridgehead atoms. The molecule has 0 radical (unpaired) electrons. The van der Waals surface area contributed by atoms with E-state index in [0.717, 1.165) is 25.6 Å². The first kappa shape index (κ1) is 15.7. The molecule has 0 aromatic rings. The normalized spacial score (nSPS) is 22.8. The van der Waals surface area contributed by atoms with Crippen LogP contribution in [-0.2, 0) is 14.8 Å². The molecule has 5 nitrogen and oxygen atoms in total. The Morgan fingerprint density at radius 1 is 1.56 bits per heavy atom. The quantitative estimate of drug-likeness (QED) is 0.758. The van der Waals surface area contributed by atoms with Gasteiger partial charge in [0.2, 0.25) is 15.9 Å². The van der Waals surface area contributed by atoms with Gasteiger partial charge < -0.3 is 4.90 Å². The maximum absolute atomic E-state index is 12.0. The van der Waals surface area contributed by atoms with Crippen molar-refractivity contribution in [1.29, 1.82) is 0 Å². The number of amides is 1. The molecule has 1 aliphatic rings. The highest BCUT2D eigenvalue weighted by Gasteiger charge is 2.26. The van der Waals surface area contributed by atoms with E-state index in [2.05, 4.69) is 4.72 Å². The second-order valence-corrected chi connectivity index (χ2v) is 7.11. The Balaban J connectivity index is 2.48. The lowest BCUT2D eigenvalue weighted by atomic mass is 9.97. The van der Waals surface area contributed by atoms with Crippen molar-refractivity contribution in [2.24, 2.45) is 11.8 Å².